The maximum absolute atomic E-state index is 12.2. The predicted molar refractivity (Wildman–Crippen MR) is 55.4 cm³/mol. The van der Waals surface area contributed by atoms with Crippen LogP contribution in [-0.4, -0.2) is 18.8 Å². The Hall–Kier alpha value is -0.690. The van der Waals surface area contributed by atoms with Crippen LogP contribution in [0.1, 0.15) is 39.0 Å². The molecule has 1 atom stereocenters. The summed E-state index contributed by atoms with van der Waals surface area (Å²) >= 11 is 0. The SMILES string of the molecule is C#CCCCC(CC(F)(F)F)NCCC. The lowest BCUT2D eigenvalue weighted by Crippen LogP contribution is -2.34. The van der Waals surface area contributed by atoms with Gasteiger partial charge in [-0.25, -0.2) is 0 Å². The zero-order valence-corrected chi connectivity index (χ0v) is 9.03. The van der Waals surface area contributed by atoms with Crippen LogP contribution in [0, 0.1) is 12.3 Å². The Morgan fingerprint density at radius 2 is 2.07 bits per heavy atom. The van der Waals surface area contributed by atoms with E-state index in [0.29, 0.717) is 25.8 Å². The highest BCUT2D eigenvalue weighted by atomic mass is 19.4. The summed E-state index contributed by atoms with van der Waals surface area (Å²) in [5.41, 5.74) is 0. The van der Waals surface area contributed by atoms with E-state index in [1.807, 2.05) is 6.92 Å². The molecule has 0 aromatic carbocycles. The minimum Gasteiger partial charge on any atom is -0.314 e. The summed E-state index contributed by atoms with van der Waals surface area (Å²) in [5, 5.41) is 2.90. The Bertz CT molecular complexity index is 193. The lowest BCUT2D eigenvalue weighted by Gasteiger charge is -2.19. The number of rotatable bonds is 7. The lowest BCUT2D eigenvalue weighted by molar-refractivity contribution is -0.140. The van der Waals surface area contributed by atoms with Crippen LogP contribution >= 0.6 is 0 Å². The van der Waals surface area contributed by atoms with E-state index >= 15 is 0 Å². The first-order valence-corrected chi connectivity index (χ1v) is 5.23. The summed E-state index contributed by atoms with van der Waals surface area (Å²) in [7, 11) is 0. The molecule has 0 aliphatic rings. The molecule has 0 amide bonds. The molecule has 1 N–H and O–H groups in total. The summed E-state index contributed by atoms with van der Waals surface area (Å²) in [4.78, 5) is 0. The van der Waals surface area contributed by atoms with Crippen molar-refractivity contribution >= 4 is 0 Å². The fourth-order valence-electron chi connectivity index (χ4n) is 1.35. The van der Waals surface area contributed by atoms with E-state index < -0.39 is 18.6 Å². The number of nitrogens with one attached hydrogen (secondary N) is 1. The molecule has 0 rings (SSSR count). The first kappa shape index (κ1) is 14.3. The second-order valence-corrected chi connectivity index (χ2v) is 3.57. The van der Waals surface area contributed by atoms with Crippen molar-refractivity contribution in [2.45, 2.75) is 51.2 Å². The second kappa shape index (κ2) is 7.58. The van der Waals surface area contributed by atoms with Gasteiger partial charge in [0.15, 0.2) is 0 Å². The van der Waals surface area contributed by atoms with Crippen molar-refractivity contribution in [1.82, 2.24) is 5.32 Å². The van der Waals surface area contributed by atoms with Crippen LogP contribution in [0.25, 0.3) is 0 Å². The molecule has 15 heavy (non-hydrogen) atoms. The van der Waals surface area contributed by atoms with Crippen LogP contribution < -0.4 is 5.32 Å². The molecule has 0 aliphatic carbocycles. The predicted octanol–water partition coefficient (Wildman–Crippen LogP) is 3.11. The molecule has 0 spiro atoms. The van der Waals surface area contributed by atoms with Crippen molar-refractivity contribution < 1.29 is 13.2 Å². The summed E-state index contributed by atoms with van der Waals surface area (Å²) in [6.45, 7) is 2.55. The molecule has 1 unspecified atom stereocenters. The number of alkyl halides is 3. The Kier molecular flexibility index (Phi) is 7.23. The molecule has 0 saturated heterocycles. The molecule has 0 radical (unpaired) electrons. The van der Waals surface area contributed by atoms with Crippen LogP contribution in [0.3, 0.4) is 0 Å². The first-order valence-electron chi connectivity index (χ1n) is 5.23. The smallest absolute Gasteiger partial charge is 0.314 e. The average molecular weight is 221 g/mol. The third-order valence-electron chi connectivity index (χ3n) is 2.03. The van der Waals surface area contributed by atoms with E-state index in [-0.39, 0.29) is 0 Å². The van der Waals surface area contributed by atoms with Crippen molar-refractivity contribution in [1.29, 1.82) is 0 Å². The lowest BCUT2D eigenvalue weighted by atomic mass is 10.1. The third-order valence-corrected chi connectivity index (χ3v) is 2.03. The maximum Gasteiger partial charge on any atom is 0.390 e. The molecule has 0 aromatic rings. The first-order chi connectivity index (χ1) is 6.99. The average Bonchev–Trinajstić information content (AvgIpc) is 2.12. The number of hydrogen-bond acceptors (Lipinski definition) is 1. The van der Waals surface area contributed by atoms with E-state index in [2.05, 4.69) is 11.2 Å². The molecule has 4 heteroatoms. The van der Waals surface area contributed by atoms with Gasteiger partial charge in [0.05, 0.1) is 6.42 Å². The fraction of sp³-hybridized carbons (Fsp3) is 0.818. The third kappa shape index (κ3) is 9.61. The van der Waals surface area contributed by atoms with Crippen LogP contribution in [-0.2, 0) is 0 Å². The van der Waals surface area contributed by atoms with Gasteiger partial charge in [-0.2, -0.15) is 13.2 Å². The van der Waals surface area contributed by atoms with E-state index in [1.54, 1.807) is 0 Å². The summed E-state index contributed by atoms with van der Waals surface area (Å²) < 4.78 is 36.5. The highest BCUT2D eigenvalue weighted by molar-refractivity contribution is 4.84. The molecule has 0 saturated carbocycles. The van der Waals surface area contributed by atoms with E-state index in [4.69, 9.17) is 6.42 Å². The Balaban J connectivity index is 3.90. The summed E-state index contributed by atoms with van der Waals surface area (Å²) in [5.74, 6) is 2.43. The molecule has 0 heterocycles. The second-order valence-electron chi connectivity index (χ2n) is 3.57. The molecule has 0 fully saturated rings. The van der Waals surface area contributed by atoms with Crippen LogP contribution in [0.5, 0.6) is 0 Å². The normalized spacial score (nSPS) is 13.5. The quantitative estimate of drug-likeness (QED) is 0.514. The van der Waals surface area contributed by atoms with Crippen LogP contribution in [0.15, 0.2) is 0 Å². The Labute approximate surface area is 89.4 Å². The number of hydrogen-bond donors (Lipinski definition) is 1. The molecule has 0 aromatic heterocycles. The van der Waals surface area contributed by atoms with Gasteiger partial charge in [-0.1, -0.05) is 6.92 Å². The fourth-order valence-corrected chi connectivity index (χ4v) is 1.35. The maximum atomic E-state index is 12.2. The Morgan fingerprint density at radius 3 is 2.53 bits per heavy atom. The number of unbranched alkanes of at least 4 members (excludes halogenated alkanes) is 1. The van der Waals surface area contributed by atoms with Crippen LogP contribution in [0.4, 0.5) is 13.2 Å². The molecular weight excluding hydrogens is 203 g/mol. The highest BCUT2D eigenvalue weighted by Crippen LogP contribution is 2.23. The van der Waals surface area contributed by atoms with Crippen LogP contribution in [0.2, 0.25) is 0 Å². The van der Waals surface area contributed by atoms with Gasteiger partial charge < -0.3 is 5.32 Å². The van der Waals surface area contributed by atoms with Crippen molar-refractivity contribution in [3.8, 4) is 12.3 Å². The zero-order valence-electron chi connectivity index (χ0n) is 9.03. The van der Waals surface area contributed by atoms with Crippen molar-refractivity contribution in [3.05, 3.63) is 0 Å². The largest absolute Gasteiger partial charge is 0.390 e. The van der Waals surface area contributed by atoms with Gasteiger partial charge in [-0.15, -0.1) is 12.3 Å². The molecular formula is C11H18F3N. The van der Waals surface area contributed by atoms with Gasteiger partial charge in [0.25, 0.3) is 0 Å². The number of terminal acetylenes is 1. The topological polar surface area (TPSA) is 12.0 Å². The van der Waals surface area contributed by atoms with Crippen molar-refractivity contribution in [2.75, 3.05) is 6.54 Å². The molecule has 88 valence electrons. The molecule has 1 nitrogen and oxygen atoms in total. The Morgan fingerprint density at radius 1 is 1.40 bits per heavy atom. The van der Waals surface area contributed by atoms with Gasteiger partial charge in [-0.3, -0.25) is 0 Å². The van der Waals surface area contributed by atoms with Gasteiger partial charge in [-0.05, 0) is 25.8 Å². The number of halogens is 3. The minimum atomic E-state index is -4.10. The summed E-state index contributed by atoms with van der Waals surface area (Å²) in [6, 6.07) is -0.488. The van der Waals surface area contributed by atoms with Gasteiger partial charge in [0.1, 0.15) is 0 Å². The van der Waals surface area contributed by atoms with E-state index in [0.717, 1.165) is 6.42 Å². The minimum absolute atomic E-state index is 0.488. The summed E-state index contributed by atoms with van der Waals surface area (Å²) in [6.07, 6.45) is 2.70. The standard InChI is InChI=1S/C11H18F3N/c1-3-5-6-7-10(15-8-4-2)9-11(12,13)14/h1,10,15H,4-9H2,2H3. The van der Waals surface area contributed by atoms with Crippen molar-refractivity contribution in [2.24, 2.45) is 0 Å². The van der Waals surface area contributed by atoms with Gasteiger partial charge in [0, 0.05) is 12.5 Å². The van der Waals surface area contributed by atoms with E-state index in [1.165, 1.54) is 0 Å². The van der Waals surface area contributed by atoms with E-state index in [9.17, 15) is 13.2 Å². The monoisotopic (exact) mass is 221 g/mol. The highest BCUT2D eigenvalue weighted by Gasteiger charge is 2.31. The van der Waals surface area contributed by atoms with Gasteiger partial charge in [0.2, 0.25) is 0 Å². The van der Waals surface area contributed by atoms with Gasteiger partial charge >= 0.3 is 6.18 Å². The van der Waals surface area contributed by atoms with Crippen molar-refractivity contribution in [3.63, 3.8) is 0 Å². The molecule has 0 aliphatic heterocycles. The molecule has 0 bridgehead atoms. The zero-order chi connectivity index (χ0) is 11.7.